The van der Waals surface area contributed by atoms with Crippen LogP contribution in [0.5, 0.6) is 0 Å². The summed E-state index contributed by atoms with van der Waals surface area (Å²) in [6.45, 7) is 9.34. The third-order valence-corrected chi connectivity index (χ3v) is 5.57. The van der Waals surface area contributed by atoms with E-state index in [4.69, 9.17) is 0 Å². The highest BCUT2D eigenvalue weighted by Crippen LogP contribution is 2.31. The molecule has 0 aromatic heterocycles. The molecule has 0 aromatic rings. The van der Waals surface area contributed by atoms with E-state index in [0.717, 1.165) is 37.6 Å². The van der Waals surface area contributed by atoms with Gasteiger partial charge < -0.3 is 15.5 Å². The summed E-state index contributed by atoms with van der Waals surface area (Å²) in [4.78, 5) is 9.64. The molecule has 3 aliphatic rings. The van der Waals surface area contributed by atoms with Crippen LogP contribution in [0.4, 0.5) is 0 Å². The lowest BCUT2D eigenvalue weighted by Crippen LogP contribution is -2.46. The van der Waals surface area contributed by atoms with Crippen LogP contribution in [0.15, 0.2) is 4.99 Å². The van der Waals surface area contributed by atoms with Crippen LogP contribution in [-0.2, 0) is 0 Å². The Balaban J connectivity index is 1.35. The number of rotatable bonds is 6. The standard InChI is InChI=1S/C17H33N5/c1-3-21-9-4-5-16(21)12-20-17(18-2)19-11-14-8-10-22(13-14)15-6-7-15/h14-16H,3-13H2,1-2H3,(H2,18,19,20). The van der Waals surface area contributed by atoms with Gasteiger partial charge in [-0.15, -0.1) is 0 Å². The molecule has 5 nitrogen and oxygen atoms in total. The number of likely N-dealkylation sites (N-methyl/N-ethyl adjacent to an activating group) is 1. The summed E-state index contributed by atoms with van der Waals surface area (Å²) in [5.74, 6) is 1.77. The number of likely N-dealkylation sites (tertiary alicyclic amines) is 2. The predicted molar refractivity (Wildman–Crippen MR) is 92.3 cm³/mol. The molecule has 126 valence electrons. The fourth-order valence-electron chi connectivity index (χ4n) is 4.02. The lowest BCUT2D eigenvalue weighted by molar-refractivity contribution is 0.267. The lowest BCUT2D eigenvalue weighted by atomic mass is 10.1. The first kappa shape index (κ1) is 16.1. The highest BCUT2D eigenvalue weighted by molar-refractivity contribution is 5.79. The SMILES string of the molecule is CCN1CCCC1CNC(=NC)NCC1CCN(C2CC2)C1. The van der Waals surface area contributed by atoms with E-state index in [0.29, 0.717) is 6.04 Å². The molecule has 2 saturated heterocycles. The van der Waals surface area contributed by atoms with Gasteiger partial charge in [-0.05, 0) is 57.7 Å². The van der Waals surface area contributed by atoms with Crippen molar-refractivity contribution < 1.29 is 0 Å². The smallest absolute Gasteiger partial charge is 0.191 e. The molecule has 1 aliphatic carbocycles. The number of aliphatic imine (C=N–C) groups is 1. The summed E-state index contributed by atoms with van der Waals surface area (Å²) in [7, 11) is 1.88. The molecule has 0 bridgehead atoms. The minimum Gasteiger partial charge on any atom is -0.356 e. The molecule has 3 rings (SSSR count). The van der Waals surface area contributed by atoms with Gasteiger partial charge in [-0.3, -0.25) is 9.89 Å². The summed E-state index contributed by atoms with van der Waals surface area (Å²) in [5.41, 5.74) is 0. The highest BCUT2D eigenvalue weighted by atomic mass is 15.2. The summed E-state index contributed by atoms with van der Waals surface area (Å²) in [5, 5.41) is 7.07. The van der Waals surface area contributed by atoms with Gasteiger partial charge in [-0.1, -0.05) is 6.92 Å². The van der Waals surface area contributed by atoms with Crippen molar-refractivity contribution in [1.82, 2.24) is 20.4 Å². The highest BCUT2D eigenvalue weighted by Gasteiger charge is 2.34. The molecule has 22 heavy (non-hydrogen) atoms. The number of hydrogen-bond acceptors (Lipinski definition) is 3. The zero-order valence-corrected chi connectivity index (χ0v) is 14.4. The largest absolute Gasteiger partial charge is 0.356 e. The summed E-state index contributed by atoms with van der Waals surface area (Å²) in [6.07, 6.45) is 6.85. The van der Waals surface area contributed by atoms with Crippen LogP contribution in [0.2, 0.25) is 0 Å². The Bertz CT molecular complexity index is 379. The van der Waals surface area contributed by atoms with E-state index in [-0.39, 0.29) is 0 Å². The molecule has 0 aromatic carbocycles. The summed E-state index contributed by atoms with van der Waals surface area (Å²) < 4.78 is 0. The molecule has 0 amide bonds. The van der Waals surface area contributed by atoms with Crippen molar-refractivity contribution >= 4 is 5.96 Å². The molecular formula is C17H33N5. The molecule has 2 atom stereocenters. The van der Waals surface area contributed by atoms with Gasteiger partial charge in [0.15, 0.2) is 5.96 Å². The Hall–Kier alpha value is -0.810. The second-order valence-electron chi connectivity index (χ2n) is 7.14. The minimum atomic E-state index is 0.681. The fourth-order valence-corrected chi connectivity index (χ4v) is 4.02. The van der Waals surface area contributed by atoms with Crippen LogP contribution in [0.3, 0.4) is 0 Å². The predicted octanol–water partition coefficient (Wildman–Crippen LogP) is 1.12. The number of nitrogens with one attached hydrogen (secondary N) is 2. The topological polar surface area (TPSA) is 42.9 Å². The fraction of sp³-hybridized carbons (Fsp3) is 0.941. The van der Waals surface area contributed by atoms with Crippen LogP contribution < -0.4 is 10.6 Å². The normalized spacial score (nSPS) is 30.9. The van der Waals surface area contributed by atoms with E-state index in [2.05, 4.69) is 32.3 Å². The third-order valence-electron chi connectivity index (χ3n) is 5.57. The van der Waals surface area contributed by atoms with E-state index < -0.39 is 0 Å². The van der Waals surface area contributed by atoms with Crippen molar-refractivity contribution in [3.05, 3.63) is 0 Å². The van der Waals surface area contributed by atoms with Gasteiger partial charge in [-0.25, -0.2) is 0 Å². The van der Waals surface area contributed by atoms with Gasteiger partial charge in [0.1, 0.15) is 0 Å². The number of nitrogens with zero attached hydrogens (tertiary/aromatic N) is 3. The molecule has 3 fully saturated rings. The lowest BCUT2D eigenvalue weighted by Gasteiger charge is -2.24. The Morgan fingerprint density at radius 2 is 1.91 bits per heavy atom. The quantitative estimate of drug-likeness (QED) is 0.570. The van der Waals surface area contributed by atoms with Crippen LogP contribution >= 0.6 is 0 Å². The second kappa shape index (κ2) is 7.64. The second-order valence-corrected chi connectivity index (χ2v) is 7.14. The maximum absolute atomic E-state index is 4.39. The van der Waals surface area contributed by atoms with Crippen LogP contribution in [0, 0.1) is 5.92 Å². The summed E-state index contributed by atoms with van der Waals surface area (Å²) >= 11 is 0. The molecular weight excluding hydrogens is 274 g/mol. The van der Waals surface area contributed by atoms with E-state index in [1.807, 2.05) is 7.05 Å². The van der Waals surface area contributed by atoms with Gasteiger partial charge in [0.05, 0.1) is 0 Å². The van der Waals surface area contributed by atoms with E-state index in [1.165, 1.54) is 51.7 Å². The first-order valence-electron chi connectivity index (χ1n) is 9.22. The average molecular weight is 307 g/mol. The molecule has 2 aliphatic heterocycles. The average Bonchev–Trinajstić information content (AvgIpc) is 3.11. The van der Waals surface area contributed by atoms with Crippen LogP contribution in [0.25, 0.3) is 0 Å². The number of hydrogen-bond donors (Lipinski definition) is 2. The Labute approximate surface area is 135 Å². The third kappa shape index (κ3) is 4.13. The first-order chi connectivity index (χ1) is 10.8. The molecule has 0 radical (unpaired) electrons. The van der Waals surface area contributed by atoms with Crippen molar-refractivity contribution in [3.63, 3.8) is 0 Å². The zero-order valence-electron chi connectivity index (χ0n) is 14.4. The Morgan fingerprint density at radius 3 is 2.64 bits per heavy atom. The van der Waals surface area contributed by atoms with Crippen molar-refractivity contribution in [2.75, 3.05) is 46.3 Å². The molecule has 5 heteroatoms. The van der Waals surface area contributed by atoms with Gasteiger partial charge in [-0.2, -0.15) is 0 Å². The Kier molecular flexibility index (Phi) is 5.58. The first-order valence-corrected chi connectivity index (χ1v) is 9.22. The molecule has 2 unspecified atom stereocenters. The van der Waals surface area contributed by atoms with Gasteiger partial charge in [0, 0.05) is 38.8 Å². The zero-order chi connectivity index (χ0) is 15.4. The monoisotopic (exact) mass is 307 g/mol. The van der Waals surface area contributed by atoms with Crippen molar-refractivity contribution in [1.29, 1.82) is 0 Å². The van der Waals surface area contributed by atoms with Crippen molar-refractivity contribution in [3.8, 4) is 0 Å². The van der Waals surface area contributed by atoms with Gasteiger partial charge in [0.2, 0.25) is 0 Å². The molecule has 0 spiro atoms. The van der Waals surface area contributed by atoms with Crippen molar-refractivity contribution in [2.24, 2.45) is 10.9 Å². The van der Waals surface area contributed by atoms with Gasteiger partial charge in [0.25, 0.3) is 0 Å². The van der Waals surface area contributed by atoms with Crippen molar-refractivity contribution in [2.45, 2.75) is 51.1 Å². The minimum absolute atomic E-state index is 0.681. The van der Waals surface area contributed by atoms with Crippen LogP contribution in [0.1, 0.15) is 39.0 Å². The Morgan fingerprint density at radius 1 is 1.09 bits per heavy atom. The van der Waals surface area contributed by atoms with E-state index in [1.54, 1.807) is 0 Å². The molecule has 1 saturated carbocycles. The van der Waals surface area contributed by atoms with E-state index >= 15 is 0 Å². The van der Waals surface area contributed by atoms with Gasteiger partial charge >= 0.3 is 0 Å². The van der Waals surface area contributed by atoms with E-state index in [9.17, 15) is 0 Å². The maximum Gasteiger partial charge on any atom is 0.191 e. The number of guanidine groups is 1. The molecule has 2 N–H and O–H groups in total. The van der Waals surface area contributed by atoms with Crippen LogP contribution in [-0.4, -0.2) is 74.2 Å². The summed E-state index contributed by atoms with van der Waals surface area (Å²) in [6, 6.07) is 1.60. The molecule has 2 heterocycles. The maximum atomic E-state index is 4.39.